The van der Waals surface area contributed by atoms with Gasteiger partial charge in [-0.05, 0) is 33.0 Å². The van der Waals surface area contributed by atoms with Crippen molar-refractivity contribution in [3.63, 3.8) is 0 Å². The lowest BCUT2D eigenvalue weighted by molar-refractivity contribution is 0.265. The Labute approximate surface area is 135 Å². The van der Waals surface area contributed by atoms with Crippen molar-refractivity contribution < 1.29 is 5.11 Å². The van der Waals surface area contributed by atoms with E-state index >= 15 is 0 Å². The van der Waals surface area contributed by atoms with Gasteiger partial charge in [0.2, 0.25) is 5.95 Å². The van der Waals surface area contributed by atoms with Gasteiger partial charge in [-0.3, -0.25) is 9.36 Å². The molecule has 0 saturated carbocycles. The Morgan fingerprint density at radius 1 is 1.39 bits per heavy atom. The van der Waals surface area contributed by atoms with Crippen LogP contribution in [0.1, 0.15) is 12.8 Å². The van der Waals surface area contributed by atoms with E-state index < -0.39 is 0 Å². The predicted octanol–water partition coefficient (Wildman–Crippen LogP) is 0.314. The fourth-order valence-corrected chi connectivity index (χ4v) is 3.01. The van der Waals surface area contributed by atoms with Gasteiger partial charge in [-0.25, -0.2) is 4.98 Å². The first-order valence-electron chi connectivity index (χ1n) is 7.99. The first-order valence-corrected chi connectivity index (χ1v) is 7.99. The average Bonchev–Trinajstić information content (AvgIpc) is 3.01. The van der Waals surface area contributed by atoms with Crippen LogP contribution in [0.15, 0.2) is 23.1 Å². The third-order valence-corrected chi connectivity index (χ3v) is 4.33. The van der Waals surface area contributed by atoms with Crippen molar-refractivity contribution in [2.24, 2.45) is 0 Å². The Hall–Kier alpha value is -1.99. The van der Waals surface area contributed by atoms with E-state index in [0.717, 1.165) is 31.3 Å². The van der Waals surface area contributed by atoms with Gasteiger partial charge in [0.05, 0.1) is 12.6 Å². The highest BCUT2D eigenvalue weighted by Gasteiger charge is 2.26. The Morgan fingerprint density at radius 3 is 2.96 bits per heavy atom. The van der Waals surface area contributed by atoms with E-state index in [2.05, 4.69) is 9.97 Å². The molecule has 124 valence electrons. The third kappa shape index (κ3) is 3.20. The van der Waals surface area contributed by atoms with E-state index in [1.807, 2.05) is 23.9 Å². The molecule has 2 aromatic heterocycles. The van der Waals surface area contributed by atoms with Gasteiger partial charge in [0.1, 0.15) is 5.65 Å². The maximum absolute atomic E-state index is 12.2. The first-order chi connectivity index (χ1) is 11.1. The highest BCUT2D eigenvalue weighted by atomic mass is 16.3. The highest BCUT2D eigenvalue weighted by molar-refractivity contribution is 5.75. The molecule has 23 heavy (non-hydrogen) atoms. The SMILES string of the molecule is CN(C)CCn1c(=O)ccc2cnc(N3CCC[C@H]3CO)nc21. The Morgan fingerprint density at radius 2 is 2.22 bits per heavy atom. The summed E-state index contributed by atoms with van der Waals surface area (Å²) >= 11 is 0. The molecule has 1 N–H and O–H groups in total. The molecule has 1 saturated heterocycles. The summed E-state index contributed by atoms with van der Waals surface area (Å²) < 4.78 is 1.70. The second-order valence-corrected chi connectivity index (χ2v) is 6.25. The quantitative estimate of drug-likeness (QED) is 0.856. The highest BCUT2D eigenvalue weighted by Crippen LogP contribution is 2.23. The summed E-state index contributed by atoms with van der Waals surface area (Å²) in [6.45, 7) is 2.29. The molecule has 0 unspecified atom stereocenters. The number of fused-ring (bicyclic) bond motifs is 1. The average molecular weight is 317 g/mol. The Kier molecular flexibility index (Phi) is 4.58. The molecule has 1 aliphatic heterocycles. The number of hydrogen-bond donors (Lipinski definition) is 1. The zero-order valence-electron chi connectivity index (χ0n) is 13.6. The summed E-state index contributed by atoms with van der Waals surface area (Å²) in [6, 6.07) is 3.40. The van der Waals surface area contributed by atoms with Crippen molar-refractivity contribution in [1.82, 2.24) is 19.4 Å². The van der Waals surface area contributed by atoms with E-state index in [-0.39, 0.29) is 18.2 Å². The van der Waals surface area contributed by atoms with Crippen LogP contribution < -0.4 is 10.5 Å². The normalized spacial score (nSPS) is 18.3. The number of pyridine rings is 1. The molecule has 1 aliphatic rings. The molecule has 1 fully saturated rings. The maximum Gasteiger partial charge on any atom is 0.252 e. The number of aliphatic hydroxyl groups is 1. The number of aromatic nitrogens is 3. The standard InChI is InChI=1S/C16H23N5O2/c1-19(2)8-9-21-14(23)6-5-12-10-17-16(18-15(12)21)20-7-3-4-13(20)11-22/h5-6,10,13,22H,3-4,7-9,11H2,1-2H3/t13-/m0/s1. The van der Waals surface area contributed by atoms with E-state index in [4.69, 9.17) is 0 Å². The molecule has 0 aliphatic carbocycles. The lowest BCUT2D eigenvalue weighted by atomic mass is 10.2. The van der Waals surface area contributed by atoms with Crippen LogP contribution in [-0.2, 0) is 6.54 Å². The molecule has 0 radical (unpaired) electrons. The number of anilines is 1. The number of nitrogens with zero attached hydrogens (tertiary/aromatic N) is 5. The molecule has 3 rings (SSSR count). The van der Waals surface area contributed by atoms with E-state index in [1.165, 1.54) is 0 Å². The monoisotopic (exact) mass is 317 g/mol. The summed E-state index contributed by atoms with van der Waals surface area (Å²) in [5, 5.41) is 10.4. The Bertz CT molecular complexity index is 743. The molecule has 7 nitrogen and oxygen atoms in total. The summed E-state index contributed by atoms with van der Waals surface area (Å²) in [4.78, 5) is 25.4. The van der Waals surface area contributed by atoms with Crippen LogP contribution in [0.5, 0.6) is 0 Å². The third-order valence-electron chi connectivity index (χ3n) is 4.33. The molecule has 0 bridgehead atoms. The van der Waals surface area contributed by atoms with Crippen molar-refractivity contribution in [2.45, 2.75) is 25.4 Å². The van der Waals surface area contributed by atoms with Crippen LogP contribution >= 0.6 is 0 Å². The fraction of sp³-hybridized carbons (Fsp3) is 0.562. The van der Waals surface area contributed by atoms with Gasteiger partial charge in [-0.15, -0.1) is 0 Å². The maximum atomic E-state index is 12.2. The van der Waals surface area contributed by atoms with Gasteiger partial charge >= 0.3 is 0 Å². The molecule has 7 heteroatoms. The minimum absolute atomic E-state index is 0.0517. The lowest BCUT2D eigenvalue weighted by Crippen LogP contribution is -2.34. The van der Waals surface area contributed by atoms with Crippen molar-refractivity contribution in [3.8, 4) is 0 Å². The van der Waals surface area contributed by atoms with E-state index in [9.17, 15) is 9.90 Å². The van der Waals surface area contributed by atoms with E-state index in [1.54, 1.807) is 22.9 Å². The van der Waals surface area contributed by atoms with Crippen LogP contribution in [0.3, 0.4) is 0 Å². The van der Waals surface area contributed by atoms with Crippen molar-refractivity contribution >= 4 is 17.0 Å². The summed E-state index contributed by atoms with van der Waals surface area (Å²) in [5.41, 5.74) is 0.608. The number of rotatable bonds is 5. The van der Waals surface area contributed by atoms with E-state index in [0.29, 0.717) is 18.1 Å². The summed E-state index contributed by atoms with van der Waals surface area (Å²) in [5.74, 6) is 0.596. The van der Waals surface area contributed by atoms with Crippen LogP contribution in [0.25, 0.3) is 11.0 Å². The van der Waals surface area contributed by atoms with Gasteiger partial charge in [-0.1, -0.05) is 0 Å². The van der Waals surface area contributed by atoms with Gasteiger partial charge in [0.15, 0.2) is 0 Å². The van der Waals surface area contributed by atoms with Gasteiger partial charge in [0.25, 0.3) is 5.56 Å². The van der Waals surface area contributed by atoms with Crippen molar-refractivity contribution in [2.75, 3.05) is 38.7 Å². The van der Waals surface area contributed by atoms with Crippen LogP contribution in [0, 0.1) is 0 Å². The number of aliphatic hydroxyl groups excluding tert-OH is 1. The Balaban J connectivity index is 2.03. The largest absolute Gasteiger partial charge is 0.394 e. The van der Waals surface area contributed by atoms with Gasteiger partial charge in [-0.2, -0.15) is 4.98 Å². The number of hydrogen-bond acceptors (Lipinski definition) is 6. The first kappa shape index (κ1) is 15.9. The zero-order chi connectivity index (χ0) is 16.4. The molecule has 2 aromatic rings. The lowest BCUT2D eigenvalue weighted by Gasteiger charge is -2.23. The predicted molar refractivity (Wildman–Crippen MR) is 89.8 cm³/mol. The summed E-state index contributed by atoms with van der Waals surface area (Å²) in [7, 11) is 3.96. The minimum atomic E-state index is -0.0517. The fourth-order valence-electron chi connectivity index (χ4n) is 3.01. The molecule has 0 aromatic carbocycles. The van der Waals surface area contributed by atoms with Crippen LogP contribution in [-0.4, -0.2) is 64.4 Å². The number of likely N-dealkylation sites (N-methyl/N-ethyl adjacent to an activating group) is 1. The van der Waals surface area contributed by atoms with Crippen molar-refractivity contribution in [1.29, 1.82) is 0 Å². The second-order valence-electron chi connectivity index (χ2n) is 6.25. The van der Waals surface area contributed by atoms with Gasteiger partial charge < -0.3 is 14.9 Å². The molecule has 3 heterocycles. The van der Waals surface area contributed by atoms with Crippen LogP contribution in [0.4, 0.5) is 5.95 Å². The van der Waals surface area contributed by atoms with Crippen molar-refractivity contribution in [3.05, 3.63) is 28.7 Å². The molecule has 0 spiro atoms. The van der Waals surface area contributed by atoms with Crippen LogP contribution in [0.2, 0.25) is 0 Å². The zero-order valence-corrected chi connectivity index (χ0v) is 13.6. The molecular weight excluding hydrogens is 294 g/mol. The molecule has 0 amide bonds. The molecule has 1 atom stereocenters. The van der Waals surface area contributed by atoms with Gasteiger partial charge in [0, 0.05) is 37.3 Å². The second kappa shape index (κ2) is 6.64. The summed E-state index contributed by atoms with van der Waals surface area (Å²) in [6.07, 6.45) is 3.73. The molecular formula is C16H23N5O2. The smallest absolute Gasteiger partial charge is 0.252 e. The minimum Gasteiger partial charge on any atom is -0.394 e. The topological polar surface area (TPSA) is 74.5 Å².